The van der Waals surface area contributed by atoms with Crippen molar-refractivity contribution in [3.8, 4) is 5.75 Å². The van der Waals surface area contributed by atoms with E-state index in [0.29, 0.717) is 13.2 Å². The van der Waals surface area contributed by atoms with E-state index in [9.17, 15) is 4.79 Å². The van der Waals surface area contributed by atoms with Crippen LogP contribution in [-0.2, 0) is 11.3 Å². The van der Waals surface area contributed by atoms with Gasteiger partial charge in [-0.2, -0.15) is 0 Å². The van der Waals surface area contributed by atoms with Crippen molar-refractivity contribution in [3.63, 3.8) is 0 Å². The zero-order valence-electron chi connectivity index (χ0n) is 9.94. The fourth-order valence-electron chi connectivity index (χ4n) is 1.56. The molecule has 0 bridgehead atoms. The third-order valence-corrected chi connectivity index (χ3v) is 2.56. The lowest BCUT2D eigenvalue weighted by molar-refractivity contribution is -0.138. The highest BCUT2D eigenvalue weighted by Crippen LogP contribution is 2.22. The number of aliphatic carboxylic acids is 1. The van der Waals surface area contributed by atoms with E-state index in [-0.39, 0.29) is 6.54 Å². The van der Waals surface area contributed by atoms with Gasteiger partial charge in [-0.25, -0.2) is 0 Å². The van der Waals surface area contributed by atoms with Gasteiger partial charge in [-0.3, -0.25) is 9.69 Å². The molecule has 17 heavy (non-hydrogen) atoms. The van der Waals surface area contributed by atoms with E-state index in [1.807, 2.05) is 25.1 Å². The van der Waals surface area contributed by atoms with Gasteiger partial charge in [0, 0.05) is 11.0 Å². The van der Waals surface area contributed by atoms with Gasteiger partial charge in [0.1, 0.15) is 5.75 Å². The summed E-state index contributed by atoms with van der Waals surface area (Å²) in [4.78, 5) is 12.3. The van der Waals surface area contributed by atoms with Gasteiger partial charge in [-0.1, -0.05) is 15.9 Å². The van der Waals surface area contributed by atoms with E-state index in [1.54, 1.807) is 11.9 Å². The Morgan fingerprint density at radius 2 is 2.18 bits per heavy atom. The van der Waals surface area contributed by atoms with Crippen molar-refractivity contribution >= 4 is 21.9 Å². The lowest BCUT2D eigenvalue weighted by Crippen LogP contribution is -2.25. The molecular weight excluding hydrogens is 286 g/mol. The summed E-state index contributed by atoms with van der Waals surface area (Å²) in [5.41, 5.74) is 1.02. The summed E-state index contributed by atoms with van der Waals surface area (Å²) < 4.78 is 6.36. The first kappa shape index (κ1) is 14.0. The highest BCUT2D eigenvalue weighted by Gasteiger charge is 2.07. The molecule has 5 heteroatoms. The van der Waals surface area contributed by atoms with Crippen LogP contribution in [0.3, 0.4) is 0 Å². The molecule has 0 spiro atoms. The molecule has 1 aromatic rings. The lowest BCUT2D eigenvalue weighted by atomic mass is 10.2. The molecule has 0 aromatic heterocycles. The van der Waals surface area contributed by atoms with Crippen LogP contribution in [0.5, 0.6) is 5.75 Å². The largest absolute Gasteiger partial charge is 0.494 e. The highest BCUT2D eigenvalue weighted by atomic mass is 79.9. The van der Waals surface area contributed by atoms with Crippen LogP contribution in [-0.4, -0.2) is 36.2 Å². The van der Waals surface area contributed by atoms with Gasteiger partial charge in [0.05, 0.1) is 13.2 Å². The Labute approximate surface area is 109 Å². The Balaban J connectivity index is 2.72. The Morgan fingerprint density at radius 1 is 1.47 bits per heavy atom. The zero-order valence-corrected chi connectivity index (χ0v) is 11.5. The highest BCUT2D eigenvalue weighted by molar-refractivity contribution is 9.10. The van der Waals surface area contributed by atoms with Crippen LogP contribution in [0.25, 0.3) is 0 Å². The van der Waals surface area contributed by atoms with Gasteiger partial charge in [-0.15, -0.1) is 0 Å². The fourth-order valence-corrected chi connectivity index (χ4v) is 2.08. The average Bonchev–Trinajstić information content (AvgIpc) is 2.14. The second-order valence-corrected chi connectivity index (χ2v) is 4.71. The SMILES string of the molecule is CCOc1cc(Br)cc(CN(C)CC(=O)O)c1. The minimum absolute atomic E-state index is 0.0243. The van der Waals surface area contributed by atoms with E-state index < -0.39 is 5.97 Å². The average molecular weight is 302 g/mol. The second-order valence-electron chi connectivity index (χ2n) is 3.79. The topological polar surface area (TPSA) is 49.8 Å². The van der Waals surface area contributed by atoms with Crippen molar-refractivity contribution in [2.45, 2.75) is 13.5 Å². The maximum absolute atomic E-state index is 10.6. The Bertz CT molecular complexity index is 395. The molecule has 1 N–H and O–H groups in total. The van der Waals surface area contributed by atoms with E-state index in [0.717, 1.165) is 15.8 Å². The van der Waals surface area contributed by atoms with Crippen LogP contribution in [0.4, 0.5) is 0 Å². The van der Waals surface area contributed by atoms with Crippen LogP contribution in [0, 0.1) is 0 Å². The van der Waals surface area contributed by atoms with Crippen LogP contribution >= 0.6 is 15.9 Å². The summed E-state index contributed by atoms with van der Waals surface area (Å²) in [6.45, 7) is 3.14. The molecular formula is C12H16BrNO3. The maximum Gasteiger partial charge on any atom is 0.317 e. The minimum Gasteiger partial charge on any atom is -0.494 e. The predicted octanol–water partition coefficient (Wildman–Crippen LogP) is 2.36. The summed E-state index contributed by atoms with van der Waals surface area (Å²) in [7, 11) is 1.77. The predicted molar refractivity (Wildman–Crippen MR) is 69.3 cm³/mol. The number of likely N-dealkylation sites (N-methyl/N-ethyl adjacent to an activating group) is 1. The molecule has 0 aliphatic carbocycles. The van der Waals surface area contributed by atoms with Crippen LogP contribution < -0.4 is 4.74 Å². The van der Waals surface area contributed by atoms with Crippen molar-refractivity contribution < 1.29 is 14.6 Å². The summed E-state index contributed by atoms with van der Waals surface area (Å²) in [5, 5.41) is 8.68. The van der Waals surface area contributed by atoms with Gasteiger partial charge in [0.2, 0.25) is 0 Å². The number of halogens is 1. The summed E-state index contributed by atoms with van der Waals surface area (Å²) in [6.07, 6.45) is 0. The molecule has 1 rings (SSSR count). The van der Waals surface area contributed by atoms with Crippen molar-refractivity contribution in [3.05, 3.63) is 28.2 Å². The number of hydrogen-bond acceptors (Lipinski definition) is 3. The fraction of sp³-hybridized carbons (Fsp3) is 0.417. The number of carboxylic acid groups (broad SMARTS) is 1. The number of carbonyl (C=O) groups is 1. The first-order chi connectivity index (χ1) is 8.01. The van der Waals surface area contributed by atoms with Crippen molar-refractivity contribution in [2.75, 3.05) is 20.2 Å². The molecule has 0 unspecified atom stereocenters. The molecule has 94 valence electrons. The summed E-state index contributed by atoms with van der Waals surface area (Å²) in [6, 6.07) is 5.78. The van der Waals surface area contributed by atoms with E-state index in [2.05, 4.69) is 15.9 Å². The third kappa shape index (κ3) is 5.19. The smallest absolute Gasteiger partial charge is 0.317 e. The van der Waals surface area contributed by atoms with Crippen LogP contribution in [0.2, 0.25) is 0 Å². The molecule has 4 nitrogen and oxygen atoms in total. The first-order valence-corrected chi connectivity index (χ1v) is 6.13. The molecule has 0 saturated carbocycles. The molecule has 0 heterocycles. The van der Waals surface area contributed by atoms with Gasteiger partial charge in [0.25, 0.3) is 0 Å². The molecule has 0 saturated heterocycles. The van der Waals surface area contributed by atoms with E-state index in [1.165, 1.54) is 0 Å². The zero-order chi connectivity index (χ0) is 12.8. The van der Waals surface area contributed by atoms with E-state index in [4.69, 9.17) is 9.84 Å². The van der Waals surface area contributed by atoms with Crippen molar-refractivity contribution in [1.82, 2.24) is 4.90 Å². The Kier molecular flexibility index (Phi) is 5.44. The number of ether oxygens (including phenoxy) is 1. The molecule has 0 aliphatic rings. The molecule has 0 fully saturated rings. The third-order valence-electron chi connectivity index (χ3n) is 2.10. The number of nitrogens with zero attached hydrogens (tertiary/aromatic N) is 1. The number of carboxylic acids is 1. The monoisotopic (exact) mass is 301 g/mol. The molecule has 0 aliphatic heterocycles. The lowest BCUT2D eigenvalue weighted by Gasteiger charge is -2.15. The minimum atomic E-state index is -0.826. The Morgan fingerprint density at radius 3 is 2.76 bits per heavy atom. The number of rotatable bonds is 6. The summed E-state index contributed by atoms with van der Waals surface area (Å²) >= 11 is 3.41. The number of hydrogen-bond donors (Lipinski definition) is 1. The summed E-state index contributed by atoms with van der Waals surface area (Å²) in [5.74, 6) is -0.0341. The van der Waals surface area contributed by atoms with E-state index >= 15 is 0 Å². The molecule has 0 radical (unpaired) electrons. The van der Waals surface area contributed by atoms with Crippen LogP contribution in [0.1, 0.15) is 12.5 Å². The van der Waals surface area contributed by atoms with Gasteiger partial charge in [0.15, 0.2) is 0 Å². The number of benzene rings is 1. The Hall–Kier alpha value is -1.07. The normalized spacial score (nSPS) is 10.6. The molecule has 0 atom stereocenters. The maximum atomic E-state index is 10.6. The molecule has 1 aromatic carbocycles. The second kappa shape index (κ2) is 6.61. The van der Waals surface area contributed by atoms with Gasteiger partial charge >= 0.3 is 5.97 Å². The van der Waals surface area contributed by atoms with Crippen molar-refractivity contribution in [2.24, 2.45) is 0 Å². The van der Waals surface area contributed by atoms with Crippen molar-refractivity contribution in [1.29, 1.82) is 0 Å². The quantitative estimate of drug-likeness (QED) is 0.876. The van der Waals surface area contributed by atoms with Gasteiger partial charge in [-0.05, 0) is 37.7 Å². The van der Waals surface area contributed by atoms with Crippen LogP contribution in [0.15, 0.2) is 22.7 Å². The van der Waals surface area contributed by atoms with Gasteiger partial charge < -0.3 is 9.84 Å². The molecule has 0 amide bonds. The standard InChI is InChI=1S/C12H16BrNO3/c1-3-17-11-5-9(4-10(13)6-11)7-14(2)8-12(15)16/h4-6H,3,7-8H2,1-2H3,(H,15,16). The first-order valence-electron chi connectivity index (χ1n) is 5.34.